The van der Waals surface area contributed by atoms with E-state index in [1.165, 1.54) is 16.3 Å². The molecule has 0 fully saturated rings. The first-order chi connectivity index (χ1) is 11.6. The van der Waals surface area contributed by atoms with Crippen LogP contribution in [0.2, 0.25) is 0 Å². The van der Waals surface area contributed by atoms with Crippen LogP contribution in [0.1, 0.15) is 25.1 Å². The van der Waals surface area contributed by atoms with E-state index in [9.17, 15) is 4.79 Å². The van der Waals surface area contributed by atoms with Crippen LogP contribution in [0.15, 0.2) is 58.5 Å². The van der Waals surface area contributed by atoms with E-state index >= 15 is 0 Å². The molecule has 0 atom stereocenters. The molecule has 0 aliphatic heterocycles. The molecule has 0 amide bonds. The van der Waals surface area contributed by atoms with Gasteiger partial charge < -0.3 is 4.98 Å². The largest absolute Gasteiger partial charge is 0.301 e. The predicted molar refractivity (Wildman–Crippen MR) is 105 cm³/mol. The lowest BCUT2D eigenvalue weighted by Gasteiger charge is -2.08. The van der Waals surface area contributed by atoms with Crippen LogP contribution >= 0.6 is 23.5 Å². The van der Waals surface area contributed by atoms with Crippen molar-refractivity contribution >= 4 is 34.3 Å². The molecule has 24 heavy (non-hydrogen) atoms. The molecule has 0 saturated heterocycles. The van der Waals surface area contributed by atoms with Crippen LogP contribution in [0.25, 0.3) is 10.8 Å². The van der Waals surface area contributed by atoms with Crippen LogP contribution in [0.3, 0.4) is 0 Å². The van der Waals surface area contributed by atoms with E-state index in [2.05, 4.69) is 60.2 Å². The minimum atomic E-state index is -0.0789. The van der Waals surface area contributed by atoms with Crippen LogP contribution < -0.4 is 5.56 Å². The zero-order valence-corrected chi connectivity index (χ0v) is 15.4. The van der Waals surface area contributed by atoms with E-state index in [0.717, 1.165) is 17.2 Å². The monoisotopic (exact) mass is 356 g/mol. The first-order valence-electron chi connectivity index (χ1n) is 7.93. The van der Waals surface area contributed by atoms with Crippen molar-refractivity contribution < 1.29 is 0 Å². The van der Waals surface area contributed by atoms with E-state index in [0.29, 0.717) is 10.4 Å². The fourth-order valence-electron chi connectivity index (χ4n) is 2.44. The van der Waals surface area contributed by atoms with Gasteiger partial charge in [-0.25, -0.2) is 4.98 Å². The molecular formula is C19H20N2OS2. The van der Waals surface area contributed by atoms with Gasteiger partial charge >= 0.3 is 0 Å². The molecule has 3 nitrogen and oxygen atoms in total. The number of benzene rings is 2. The number of nitrogens with zero attached hydrogens (tertiary/aromatic N) is 1. The zero-order valence-electron chi connectivity index (χ0n) is 13.8. The van der Waals surface area contributed by atoms with Gasteiger partial charge in [0.1, 0.15) is 0 Å². The number of aromatic amines is 1. The Kier molecular flexibility index (Phi) is 5.63. The summed E-state index contributed by atoms with van der Waals surface area (Å²) in [6, 6.07) is 16.3. The molecule has 5 heteroatoms. The molecule has 0 radical (unpaired) electrons. The van der Waals surface area contributed by atoms with E-state index in [1.807, 2.05) is 6.07 Å². The summed E-state index contributed by atoms with van der Waals surface area (Å²) in [4.78, 5) is 19.3. The van der Waals surface area contributed by atoms with Gasteiger partial charge in [-0.15, -0.1) is 0 Å². The zero-order chi connectivity index (χ0) is 16.9. The molecular weight excluding hydrogens is 336 g/mol. The second kappa shape index (κ2) is 7.90. The Hall–Kier alpha value is -1.72. The maximum atomic E-state index is 11.9. The summed E-state index contributed by atoms with van der Waals surface area (Å²) in [5.41, 5.74) is 2.02. The van der Waals surface area contributed by atoms with Crippen molar-refractivity contribution in [3.8, 4) is 0 Å². The maximum absolute atomic E-state index is 11.9. The minimum Gasteiger partial charge on any atom is -0.301 e. The van der Waals surface area contributed by atoms with Crippen molar-refractivity contribution in [2.45, 2.75) is 35.8 Å². The highest BCUT2D eigenvalue weighted by atomic mass is 32.2. The van der Waals surface area contributed by atoms with Crippen molar-refractivity contribution in [2.75, 3.05) is 0 Å². The summed E-state index contributed by atoms with van der Waals surface area (Å²) in [7, 11) is 0. The minimum absolute atomic E-state index is 0.0789. The van der Waals surface area contributed by atoms with Crippen LogP contribution in [-0.2, 0) is 11.5 Å². The lowest BCUT2D eigenvalue weighted by Crippen LogP contribution is -2.10. The molecule has 3 rings (SSSR count). The standard InChI is InChI=1S/C19H20N2OS2/c1-13(2)23-12-16-10-18(22)21-19(20-16)24-11-15-8-5-7-14-6-3-4-9-17(14)15/h3-10,13H,11-12H2,1-2H3,(H,20,21,22). The SMILES string of the molecule is CC(C)SCc1cc(=O)[nH]c(SCc2cccc3ccccc23)n1. The van der Waals surface area contributed by atoms with Gasteiger partial charge in [-0.05, 0) is 21.6 Å². The van der Waals surface area contributed by atoms with Crippen LogP contribution in [0, 0.1) is 0 Å². The van der Waals surface area contributed by atoms with E-state index in [1.54, 1.807) is 29.6 Å². The first-order valence-corrected chi connectivity index (χ1v) is 9.96. The topological polar surface area (TPSA) is 45.8 Å². The van der Waals surface area contributed by atoms with Crippen molar-refractivity contribution in [1.29, 1.82) is 0 Å². The highest BCUT2D eigenvalue weighted by Crippen LogP contribution is 2.25. The van der Waals surface area contributed by atoms with Gasteiger partial charge in [0.2, 0.25) is 0 Å². The van der Waals surface area contributed by atoms with Gasteiger partial charge in [0.25, 0.3) is 5.56 Å². The first kappa shape index (κ1) is 17.1. The molecule has 1 N–H and O–H groups in total. The Labute approximate surface area is 150 Å². The Morgan fingerprint density at radius 3 is 2.71 bits per heavy atom. The molecule has 0 aliphatic carbocycles. The van der Waals surface area contributed by atoms with E-state index < -0.39 is 0 Å². The van der Waals surface area contributed by atoms with E-state index in [-0.39, 0.29) is 5.56 Å². The molecule has 0 bridgehead atoms. The average molecular weight is 357 g/mol. The maximum Gasteiger partial charge on any atom is 0.251 e. The Morgan fingerprint density at radius 2 is 1.88 bits per heavy atom. The Balaban J connectivity index is 1.77. The second-order valence-electron chi connectivity index (χ2n) is 5.83. The molecule has 124 valence electrons. The summed E-state index contributed by atoms with van der Waals surface area (Å²) >= 11 is 3.37. The summed E-state index contributed by atoms with van der Waals surface area (Å²) in [6.07, 6.45) is 0. The average Bonchev–Trinajstić information content (AvgIpc) is 2.58. The number of fused-ring (bicyclic) bond motifs is 1. The van der Waals surface area contributed by atoms with Crippen LogP contribution in [-0.4, -0.2) is 15.2 Å². The van der Waals surface area contributed by atoms with Crippen molar-refractivity contribution in [1.82, 2.24) is 9.97 Å². The number of rotatable bonds is 6. The number of thioether (sulfide) groups is 2. The number of H-pyrrole nitrogens is 1. The van der Waals surface area contributed by atoms with Crippen molar-refractivity contribution in [3.05, 3.63) is 70.1 Å². The third-order valence-electron chi connectivity index (χ3n) is 3.58. The number of aromatic nitrogens is 2. The third kappa shape index (κ3) is 4.42. The summed E-state index contributed by atoms with van der Waals surface area (Å²) < 4.78 is 0. The highest BCUT2D eigenvalue weighted by molar-refractivity contribution is 7.99. The second-order valence-corrected chi connectivity index (χ2v) is 8.36. The quantitative estimate of drug-likeness (QED) is 0.506. The summed E-state index contributed by atoms with van der Waals surface area (Å²) in [5.74, 6) is 1.55. The normalized spacial score (nSPS) is 11.3. The highest BCUT2D eigenvalue weighted by Gasteiger charge is 2.06. The van der Waals surface area contributed by atoms with Crippen LogP contribution in [0.4, 0.5) is 0 Å². The van der Waals surface area contributed by atoms with Gasteiger partial charge in [0, 0.05) is 17.6 Å². The Bertz CT molecular complexity index is 884. The summed E-state index contributed by atoms with van der Waals surface area (Å²) in [6.45, 7) is 4.29. The fraction of sp³-hybridized carbons (Fsp3) is 0.263. The van der Waals surface area contributed by atoms with Gasteiger partial charge in [-0.2, -0.15) is 11.8 Å². The lowest BCUT2D eigenvalue weighted by molar-refractivity contribution is 0.898. The summed E-state index contributed by atoms with van der Waals surface area (Å²) in [5, 5.41) is 3.70. The number of hydrogen-bond acceptors (Lipinski definition) is 4. The number of nitrogens with one attached hydrogen (secondary N) is 1. The Morgan fingerprint density at radius 1 is 1.08 bits per heavy atom. The lowest BCUT2D eigenvalue weighted by atomic mass is 10.1. The van der Waals surface area contributed by atoms with Crippen molar-refractivity contribution in [2.24, 2.45) is 0 Å². The van der Waals surface area contributed by atoms with Gasteiger partial charge in [0.05, 0.1) is 5.69 Å². The fourth-order valence-corrected chi connectivity index (χ4v) is 3.99. The van der Waals surface area contributed by atoms with Crippen molar-refractivity contribution in [3.63, 3.8) is 0 Å². The molecule has 0 spiro atoms. The molecule has 3 aromatic rings. The molecule has 0 unspecified atom stereocenters. The smallest absolute Gasteiger partial charge is 0.251 e. The predicted octanol–water partition coefficient (Wildman–Crippen LogP) is 4.86. The molecule has 2 aromatic carbocycles. The van der Waals surface area contributed by atoms with Crippen LogP contribution in [0.5, 0.6) is 0 Å². The molecule has 1 aromatic heterocycles. The van der Waals surface area contributed by atoms with Gasteiger partial charge in [0.15, 0.2) is 5.16 Å². The third-order valence-corrected chi connectivity index (χ3v) is 5.63. The molecule has 0 aliphatic rings. The number of hydrogen-bond donors (Lipinski definition) is 1. The van der Waals surface area contributed by atoms with E-state index in [4.69, 9.17) is 0 Å². The molecule has 1 heterocycles. The van der Waals surface area contributed by atoms with Gasteiger partial charge in [-0.1, -0.05) is 68.1 Å². The van der Waals surface area contributed by atoms with Gasteiger partial charge in [-0.3, -0.25) is 4.79 Å². The molecule has 0 saturated carbocycles.